The monoisotopic (exact) mass is 371 g/mol. The molecular formula is C20H29N5O2. The van der Waals surface area contributed by atoms with Crippen molar-refractivity contribution in [3.63, 3.8) is 0 Å². The maximum absolute atomic E-state index is 12.6. The SMILES string of the molecule is CN(C)CCCNC(=O)C1CCC(Cn2nnc3ccccc3c2=O)CC1. The summed E-state index contributed by atoms with van der Waals surface area (Å²) < 4.78 is 1.48. The molecule has 1 N–H and O–H groups in total. The number of fused-ring (bicyclic) bond motifs is 1. The van der Waals surface area contributed by atoms with Gasteiger partial charge in [-0.15, -0.1) is 5.10 Å². The Kier molecular flexibility index (Phi) is 6.55. The van der Waals surface area contributed by atoms with Crippen molar-refractivity contribution >= 4 is 16.8 Å². The molecule has 1 amide bonds. The Morgan fingerprint density at radius 2 is 1.96 bits per heavy atom. The molecule has 0 spiro atoms. The molecule has 0 bridgehead atoms. The summed E-state index contributed by atoms with van der Waals surface area (Å²) in [6.45, 7) is 2.29. The van der Waals surface area contributed by atoms with Gasteiger partial charge in [-0.2, -0.15) is 0 Å². The summed E-state index contributed by atoms with van der Waals surface area (Å²) in [6.07, 6.45) is 4.60. The van der Waals surface area contributed by atoms with Crippen LogP contribution in [0.5, 0.6) is 0 Å². The van der Waals surface area contributed by atoms with E-state index in [9.17, 15) is 9.59 Å². The smallest absolute Gasteiger partial charge is 0.277 e. The van der Waals surface area contributed by atoms with E-state index in [0.29, 0.717) is 23.4 Å². The number of carbonyl (C=O) groups excluding carboxylic acids is 1. The molecule has 0 aliphatic heterocycles. The van der Waals surface area contributed by atoms with E-state index in [4.69, 9.17) is 0 Å². The number of hydrogen-bond acceptors (Lipinski definition) is 5. The number of rotatable bonds is 7. The van der Waals surface area contributed by atoms with E-state index >= 15 is 0 Å². The molecule has 27 heavy (non-hydrogen) atoms. The molecule has 1 aliphatic carbocycles. The molecule has 1 saturated carbocycles. The second-order valence-electron chi connectivity index (χ2n) is 7.76. The van der Waals surface area contributed by atoms with Gasteiger partial charge in [0.15, 0.2) is 0 Å². The van der Waals surface area contributed by atoms with Crippen molar-refractivity contribution in [3.8, 4) is 0 Å². The number of aromatic nitrogens is 3. The third kappa shape index (κ3) is 5.13. The van der Waals surface area contributed by atoms with E-state index < -0.39 is 0 Å². The van der Waals surface area contributed by atoms with Crippen LogP contribution in [-0.2, 0) is 11.3 Å². The molecule has 3 rings (SSSR count). The molecule has 0 unspecified atom stereocenters. The Morgan fingerprint density at radius 1 is 1.22 bits per heavy atom. The average molecular weight is 371 g/mol. The van der Waals surface area contributed by atoms with Crippen LogP contribution in [0.3, 0.4) is 0 Å². The van der Waals surface area contributed by atoms with E-state index in [1.807, 2.05) is 26.2 Å². The Labute approximate surface area is 159 Å². The van der Waals surface area contributed by atoms with Gasteiger partial charge >= 0.3 is 0 Å². The van der Waals surface area contributed by atoms with Gasteiger partial charge in [0.2, 0.25) is 5.91 Å². The second kappa shape index (κ2) is 9.08. The van der Waals surface area contributed by atoms with Gasteiger partial charge in [0.1, 0.15) is 5.52 Å². The minimum atomic E-state index is -0.0821. The molecular weight excluding hydrogens is 342 g/mol. The summed E-state index contributed by atoms with van der Waals surface area (Å²) in [5.74, 6) is 0.644. The summed E-state index contributed by atoms with van der Waals surface area (Å²) in [6, 6.07) is 7.29. The van der Waals surface area contributed by atoms with Crippen molar-refractivity contribution in [1.29, 1.82) is 0 Å². The van der Waals surface area contributed by atoms with Crippen LogP contribution >= 0.6 is 0 Å². The first kappa shape index (κ1) is 19.5. The lowest BCUT2D eigenvalue weighted by atomic mass is 9.81. The van der Waals surface area contributed by atoms with Crippen LogP contribution in [0.4, 0.5) is 0 Å². The standard InChI is InChI=1S/C20H29N5O2/c1-24(2)13-5-12-21-19(26)16-10-8-15(9-11-16)14-25-20(27)17-6-3-4-7-18(17)22-23-25/h3-4,6-7,15-16H,5,8-14H2,1-2H3,(H,21,26). The molecule has 7 heteroatoms. The van der Waals surface area contributed by atoms with Crippen molar-refractivity contribution in [1.82, 2.24) is 25.2 Å². The van der Waals surface area contributed by atoms with Crippen molar-refractivity contribution in [2.24, 2.45) is 11.8 Å². The second-order valence-corrected chi connectivity index (χ2v) is 7.76. The highest BCUT2D eigenvalue weighted by Crippen LogP contribution is 2.29. The van der Waals surface area contributed by atoms with Crippen molar-refractivity contribution < 1.29 is 4.79 Å². The van der Waals surface area contributed by atoms with Crippen LogP contribution in [-0.4, -0.2) is 53.0 Å². The molecule has 1 aromatic carbocycles. The van der Waals surface area contributed by atoms with Crippen molar-refractivity contribution in [3.05, 3.63) is 34.6 Å². The fourth-order valence-electron chi connectivity index (χ4n) is 3.75. The summed E-state index contributed by atoms with van der Waals surface area (Å²) in [4.78, 5) is 27.0. The fraction of sp³-hybridized carbons (Fsp3) is 0.600. The predicted octanol–water partition coefficient (Wildman–Crippen LogP) is 1.67. The molecule has 2 aromatic rings. The van der Waals surface area contributed by atoms with Gasteiger partial charge in [-0.3, -0.25) is 9.59 Å². The molecule has 7 nitrogen and oxygen atoms in total. The highest BCUT2D eigenvalue weighted by Gasteiger charge is 2.26. The third-order valence-electron chi connectivity index (χ3n) is 5.36. The van der Waals surface area contributed by atoms with E-state index in [1.54, 1.807) is 12.1 Å². The van der Waals surface area contributed by atoms with Crippen LogP contribution in [0.2, 0.25) is 0 Å². The van der Waals surface area contributed by atoms with Crippen molar-refractivity contribution in [2.45, 2.75) is 38.6 Å². The largest absolute Gasteiger partial charge is 0.356 e. The Morgan fingerprint density at radius 3 is 2.70 bits per heavy atom. The molecule has 146 valence electrons. The zero-order valence-corrected chi connectivity index (χ0v) is 16.2. The number of carbonyl (C=O) groups is 1. The van der Waals surface area contributed by atoms with Crippen LogP contribution in [0.1, 0.15) is 32.1 Å². The zero-order valence-electron chi connectivity index (χ0n) is 16.2. The number of nitrogens with one attached hydrogen (secondary N) is 1. The van der Waals surface area contributed by atoms with Gasteiger partial charge in [-0.05, 0) is 70.8 Å². The lowest BCUT2D eigenvalue weighted by Gasteiger charge is -2.27. The first-order valence-corrected chi connectivity index (χ1v) is 9.79. The zero-order chi connectivity index (χ0) is 19.2. The minimum absolute atomic E-state index is 0.0821. The van der Waals surface area contributed by atoms with Crippen LogP contribution in [0, 0.1) is 11.8 Å². The molecule has 0 atom stereocenters. The summed E-state index contributed by atoms with van der Waals surface area (Å²) >= 11 is 0. The molecule has 1 aromatic heterocycles. The van der Waals surface area contributed by atoms with Crippen LogP contribution in [0.15, 0.2) is 29.1 Å². The normalized spacial score (nSPS) is 20.1. The third-order valence-corrected chi connectivity index (χ3v) is 5.36. The van der Waals surface area contributed by atoms with Gasteiger partial charge in [0.25, 0.3) is 5.56 Å². The Hall–Kier alpha value is -2.28. The average Bonchev–Trinajstić information content (AvgIpc) is 2.68. The van der Waals surface area contributed by atoms with E-state index in [1.165, 1.54) is 4.68 Å². The minimum Gasteiger partial charge on any atom is -0.356 e. The predicted molar refractivity (Wildman–Crippen MR) is 105 cm³/mol. The highest BCUT2D eigenvalue weighted by molar-refractivity contribution is 5.78. The van der Waals surface area contributed by atoms with E-state index in [2.05, 4.69) is 20.5 Å². The molecule has 0 radical (unpaired) electrons. The van der Waals surface area contributed by atoms with Gasteiger partial charge < -0.3 is 10.2 Å². The molecule has 0 saturated heterocycles. The quantitative estimate of drug-likeness (QED) is 0.749. The van der Waals surface area contributed by atoms with Gasteiger partial charge in [-0.1, -0.05) is 17.3 Å². The first-order chi connectivity index (χ1) is 13.0. The van der Waals surface area contributed by atoms with Gasteiger partial charge in [0, 0.05) is 19.0 Å². The van der Waals surface area contributed by atoms with Gasteiger partial charge in [-0.25, -0.2) is 4.68 Å². The summed E-state index contributed by atoms with van der Waals surface area (Å²) in [7, 11) is 4.07. The van der Waals surface area contributed by atoms with Crippen LogP contribution in [0.25, 0.3) is 10.9 Å². The maximum atomic E-state index is 12.6. The number of benzene rings is 1. The fourth-order valence-corrected chi connectivity index (χ4v) is 3.75. The van der Waals surface area contributed by atoms with Gasteiger partial charge in [0.05, 0.1) is 5.39 Å². The van der Waals surface area contributed by atoms with Crippen molar-refractivity contribution in [2.75, 3.05) is 27.2 Å². The summed E-state index contributed by atoms with van der Waals surface area (Å²) in [5.41, 5.74) is 0.551. The first-order valence-electron chi connectivity index (χ1n) is 9.79. The molecule has 1 fully saturated rings. The molecule has 1 heterocycles. The lowest BCUT2D eigenvalue weighted by Crippen LogP contribution is -2.36. The van der Waals surface area contributed by atoms with E-state index in [0.717, 1.165) is 45.2 Å². The van der Waals surface area contributed by atoms with E-state index in [-0.39, 0.29) is 17.4 Å². The summed E-state index contributed by atoms with van der Waals surface area (Å²) in [5, 5.41) is 11.9. The molecule has 1 aliphatic rings. The lowest BCUT2D eigenvalue weighted by molar-refractivity contribution is -0.126. The van der Waals surface area contributed by atoms with Crippen LogP contribution < -0.4 is 10.9 Å². The Bertz CT molecular complexity index is 824. The number of amides is 1. The number of hydrogen-bond donors (Lipinski definition) is 1. The maximum Gasteiger partial charge on any atom is 0.277 e. The highest BCUT2D eigenvalue weighted by atomic mass is 16.2. The number of nitrogens with zero attached hydrogens (tertiary/aromatic N) is 4. The topological polar surface area (TPSA) is 80.1 Å². The Balaban J connectivity index is 1.49.